The smallest absolute Gasteiger partial charge is 0.128 e. The largest absolute Gasteiger partial charge is 0.359 e. The van der Waals surface area contributed by atoms with Gasteiger partial charge >= 0.3 is 0 Å². The standard InChI is InChI=1S/C16H23N3S/c1-13(2)17-11-14-6-7-16(18-12-14)19(3)9-8-15-5-4-10-20-15/h4-7,10,12-13,17H,8-9,11H2,1-3H3. The van der Waals surface area contributed by atoms with E-state index in [1.165, 1.54) is 10.4 Å². The number of nitrogens with zero attached hydrogens (tertiary/aromatic N) is 2. The molecule has 2 rings (SSSR count). The SMILES string of the molecule is CC(C)NCc1ccc(N(C)CCc2cccs2)nc1. The van der Waals surface area contributed by atoms with E-state index >= 15 is 0 Å². The summed E-state index contributed by atoms with van der Waals surface area (Å²) in [5.41, 5.74) is 1.23. The molecule has 108 valence electrons. The molecule has 20 heavy (non-hydrogen) atoms. The van der Waals surface area contributed by atoms with Crippen LogP contribution < -0.4 is 10.2 Å². The highest BCUT2D eigenvalue weighted by Crippen LogP contribution is 2.13. The molecule has 0 atom stereocenters. The van der Waals surface area contributed by atoms with Crippen LogP contribution in [-0.2, 0) is 13.0 Å². The summed E-state index contributed by atoms with van der Waals surface area (Å²) in [6.45, 7) is 6.18. The summed E-state index contributed by atoms with van der Waals surface area (Å²) in [6, 6.07) is 9.05. The van der Waals surface area contributed by atoms with Gasteiger partial charge in [0.05, 0.1) is 0 Å². The van der Waals surface area contributed by atoms with Gasteiger partial charge in [-0.1, -0.05) is 26.0 Å². The molecule has 2 aromatic rings. The minimum Gasteiger partial charge on any atom is -0.359 e. The number of hydrogen-bond acceptors (Lipinski definition) is 4. The maximum atomic E-state index is 4.55. The Hall–Kier alpha value is -1.39. The third kappa shape index (κ3) is 4.62. The van der Waals surface area contributed by atoms with Crippen LogP contribution in [0.3, 0.4) is 0 Å². The second kappa shape index (κ2) is 7.41. The number of likely N-dealkylation sites (N-methyl/N-ethyl adjacent to an activating group) is 1. The molecule has 0 unspecified atom stereocenters. The molecule has 0 aromatic carbocycles. The highest BCUT2D eigenvalue weighted by molar-refractivity contribution is 7.09. The van der Waals surface area contributed by atoms with Crippen molar-refractivity contribution in [1.29, 1.82) is 0 Å². The van der Waals surface area contributed by atoms with E-state index in [-0.39, 0.29) is 0 Å². The lowest BCUT2D eigenvalue weighted by Gasteiger charge is -2.18. The summed E-state index contributed by atoms with van der Waals surface area (Å²) in [5, 5.41) is 5.53. The van der Waals surface area contributed by atoms with Gasteiger partial charge in [0, 0.05) is 37.3 Å². The van der Waals surface area contributed by atoms with Crippen molar-refractivity contribution in [2.24, 2.45) is 0 Å². The van der Waals surface area contributed by atoms with Gasteiger partial charge in [0.2, 0.25) is 0 Å². The first-order valence-corrected chi connectivity index (χ1v) is 7.95. The molecular formula is C16H23N3S. The summed E-state index contributed by atoms with van der Waals surface area (Å²) >= 11 is 1.82. The zero-order chi connectivity index (χ0) is 14.4. The molecule has 0 saturated heterocycles. The predicted octanol–water partition coefficient (Wildman–Crippen LogP) is 3.32. The molecule has 2 heterocycles. The molecule has 0 aliphatic rings. The van der Waals surface area contributed by atoms with Crippen molar-refractivity contribution >= 4 is 17.2 Å². The van der Waals surface area contributed by atoms with Crippen LogP contribution in [0.2, 0.25) is 0 Å². The van der Waals surface area contributed by atoms with Crippen LogP contribution >= 0.6 is 11.3 Å². The molecule has 0 fully saturated rings. The van der Waals surface area contributed by atoms with E-state index in [1.54, 1.807) is 0 Å². The Balaban J connectivity index is 1.85. The molecule has 0 saturated carbocycles. The van der Waals surface area contributed by atoms with Gasteiger partial charge in [-0.3, -0.25) is 0 Å². The van der Waals surface area contributed by atoms with Crippen molar-refractivity contribution in [2.45, 2.75) is 32.9 Å². The predicted molar refractivity (Wildman–Crippen MR) is 87.5 cm³/mol. The van der Waals surface area contributed by atoms with Crippen LogP contribution in [-0.4, -0.2) is 24.6 Å². The topological polar surface area (TPSA) is 28.2 Å². The maximum absolute atomic E-state index is 4.55. The van der Waals surface area contributed by atoms with Crippen molar-refractivity contribution < 1.29 is 0 Å². The van der Waals surface area contributed by atoms with E-state index in [4.69, 9.17) is 0 Å². The second-order valence-electron chi connectivity index (χ2n) is 5.31. The number of aromatic nitrogens is 1. The van der Waals surface area contributed by atoms with Crippen LogP contribution in [0, 0.1) is 0 Å². The normalized spacial score (nSPS) is 11.0. The maximum Gasteiger partial charge on any atom is 0.128 e. The number of thiophene rings is 1. The van der Waals surface area contributed by atoms with Crippen molar-refractivity contribution in [3.63, 3.8) is 0 Å². The molecule has 0 bridgehead atoms. The van der Waals surface area contributed by atoms with Gasteiger partial charge in [-0.05, 0) is 29.5 Å². The average molecular weight is 289 g/mol. The Labute approximate surface area is 125 Å². The van der Waals surface area contributed by atoms with E-state index < -0.39 is 0 Å². The van der Waals surface area contributed by atoms with Gasteiger partial charge in [0.25, 0.3) is 0 Å². The number of pyridine rings is 1. The fourth-order valence-corrected chi connectivity index (χ4v) is 2.61. The Morgan fingerprint density at radius 1 is 1.30 bits per heavy atom. The van der Waals surface area contributed by atoms with E-state index in [9.17, 15) is 0 Å². The van der Waals surface area contributed by atoms with Crippen molar-refractivity contribution in [1.82, 2.24) is 10.3 Å². The minimum atomic E-state index is 0.503. The highest BCUT2D eigenvalue weighted by Gasteiger charge is 2.04. The van der Waals surface area contributed by atoms with Crippen LogP contribution in [0.5, 0.6) is 0 Å². The van der Waals surface area contributed by atoms with Crippen LogP contribution in [0.15, 0.2) is 35.8 Å². The quantitative estimate of drug-likeness (QED) is 0.847. The molecule has 0 amide bonds. The minimum absolute atomic E-state index is 0.503. The lowest BCUT2D eigenvalue weighted by atomic mass is 10.2. The fraction of sp³-hybridized carbons (Fsp3) is 0.438. The average Bonchev–Trinajstić information content (AvgIpc) is 2.96. The molecule has 0 spiro atoms. The van der Waals surface area contributed by atoms with E-state index in [1.807, 2.05) is 17.5 Å². The number of anilines is 1. The summed E-state index contributed by atoms with van der Waals surface area (Å²) in [7, 11) is 2.10. The third-order valence-corrected chi connectivity index (χ3v) is 4.12. The van der Waals surface area contributed by atoms with Crippen molar-refractivity contribution in [3.8, 4) is 0 Å². The first-order chi connectivity index (χ1) is 9.65. The summed E-state index contributed by atoms with van der Waals surface area (Å²) in [5.74, 6) is 1.04. The number of nitrogens with one attached hydrogen (secondary N) is 1. The lowest BCUT2D eigenvalue weighted by molar-refractivity contribution is 0.588. The Morgan fingerprint density at radius 2 is 2.15 bits per heavy atom. The second-order valence-corrected chi connectivity index (χ2v) is 6.34. The monoisotopic (exact) mass is 289 g/mol. The molecule has 0 aliphatic heterocycles. The zero-order valence-corrected chi connectivity index (χ0v) is 13.3. The first kappa shape index (κ1) is 15.0. The van der Waals surface area contributed by atoms with Crippen LogP contribution in [0.25, 0.3) is 0 Å². The Bertz CT molecular complexity index is 491. The Morgan fingerprint density at radius 3 is 2.75 bits per heavy atom. The summed E-state index contributed by atoms with van der Waals surface area (Å²) < 4.78 is 0. The molecule has 1 N–H and O–H groups in total. The fourth-order valence-electron chi connectivity index (χ4n) is 1.92. The Kier molecular flexibility index (Phi) is 5.56. The molecule has 2 aromatic heterocycles. The molecular weight excluding hydrogens is 266 g/mol. The summed E-state index contributed by atoms with van der Waals surface area (Å²) in [6.07, 6.45) is 3.04. The first-order valence-electron chi connectivity index (χ1n) is 7.07. The number of rotatable bonds is 7. The van der Waals surface area contributed by atoms with Gasteiger partial charge < -0.3 is 10.2 Å². The van der Waals surface area contributed by atoms with Gasteiger partial charge in [-0.15, -0.1) is 11.3 Å². The van der Waals surface area contributed by atoms with E-state index in [0.717, 1.165) is 25.3 Å². The van der Waals surface area contributed by atoms with Crippen LogP contribution in [0.1, 0.15) is 24.3 Å². The lowest BCUT2D eigenvalue weighted by Crippen LogP contribution is -2.23. The van der Waals surface area contributed by atoms with Crippen molar-refractivity contribution in [2.75, 3.05) is 18.5 Å². The van der Waals surface area contributed by atoms with E-state index in [0.29, 0.717) is 6.04 Å². The van der Waals surface area contributed by atoms with Gasteiger partial charge in [0.1, 0.15) is 5.82 Å². The van der Waals surface area contributed by atoms with Gasteiger partial charge in [0.15, 0.2) is 0 Å². The third-order valence-electron chi connectivity index (χ3n) is 3.19. The van der Waals surface area contributed by atoms with Gasteiger partial charge in [-0.25, -0.2) is 4.98 Å². The van der Waals surface area contributed by atoms with E-state index in [2.05, 4.69) is 65.7 Å². The van der Waals surface area contributed by atoms with Crippen LogP contribution in [0.4, 0.5) is 5.82 Å². The molecule has 0 aliphatic carbocycles. The molecule has 0 radical (unpaired) electrons. The molecule has 4 heteroatoms. The van der Waals surface area contributed by atoms with Gasteiger partial charge in [-0.2, -0.15) is 0 Å². The summed E-state index contributed by atoms with van der Waals surface area (Å²) in [4.78, 5) is 8.18. The van der Waals surface area contributed by atoms with Crippen molar-refractivity contribution in [3.05, 3.63) is 46.3 Å². The number of hydrogen-bond donors (Lipinski definition) is 1. The zero-order valence-electron chi connectivity index (χ0n) is 12.5. The highest BCUT2D eigenvalue weighted by atomic mass is 32.1. The molecule has 3 nitrogen and oxygen atoms in total.